The molecule has 1 nitrogen and oxygen atoms in total. The van der Waals surface area contributed by atoms with Crippen LogP contribution in [0.4, 0.5) is 0 Å². The molecular weight excluding hydrogens is 289 g/mol. The van der Waals surface area contributed by atoms with Crippen molar-refractivity contribution >= 4 is 23.2 Å². The normalized spacial score (nSPS) is 15.2. The average Bonchev–Trinajstić information content (AvgIpc) is 2.32. The minimum Gasteiger partial charge on any atom is -0.312 e. The van der Waals surface area contributed by atoms with Crippen LogP contribution in [0, 0.1) is 5.41 Å². The van der Waals surface area contributed by atoms with Crippen molar-refractivity contribution in [2.24, 2.45) is 5.41 Å². The molecule has 1 rings (SSSR count). The van der Waals surface area contributed by atoms with Crippen LogP contribution in [0.15, 0.2) is 18.2 Å². The molecule has 0 radical (unpaired) electrons. The number of hydrogen-bond acceptors (Lipinski definition) is 1. The van der Waals surface area contributed by atoms with E-state index in [0.29, 0.717) is 0 Å². The van der Waals surface area contributed by atoms with E-state index >= 15 is 0 Å². The Morgan fingerprint density at radius 1 is 1.05 bits per heavy atom. The Hall–Kier alpha value is -0.240. The first-order valence-electron chi connectivity index (χ1n) is 7.35. The zero-order chi connectivity index (χ0) is 15.4. The summed E-state index contributed by atoms with van der Waals surface area (Å²) in [7, 11) is 0. The summed E-state index contributed by atoms with van der Waals surface area (Å²) in [5.41, 5.74) is 1.36. The summed E-state index contributed by atoms with van der Waals surface area (Å²) >= 11 is 12.6. The Kier molecular flexibility index (Phi) is 6.37. The Bertz CT molecular complexity index is 417. The van der Waals surface area contributed by atoms with Gasteiger partial charge in [-0.3, -0.25) is 0 Å². The topological polar surface area (TPSA) is 12.0 Å². The van der Waals surface area contributed by atoms with Crippen molar-refractivity contribution in [3.63, 3.8) is 0 Å². The second-order valence-electron chi connectivity index (χ2n) is 7.04. The van der Waals surface area contributed by atoms with Crippen molar-refractivity contribution in [1.82, 2.24) is 5.32 Å². The summed E-state index contributed by atoms with van der Waals surface area (Å²) < 4.78 is 0. The molecule has 0 saturated heterocycles. The minimum absolute atomic E-state index is 0.124. The van der Waals surface area contributed by atoms with Crippen LogP contribution in [0.1, 0.15) is 53.0 Å². The summed E-state index contributed by atoms with van der Waals surface area (Å²) in [5.74, 6) is 0. The first-order chi connectivity index (χ1) is 9.17. The van der Waals surface area contributed by atoms with Crippen molar-refractivity contribution in [3.05, 3.63) is 33.8 Å². The molecule has 20 heavy (non-hydrogen) atoms. The number of benzene rings is 1. The fraction of sp³-hybridized carbons (Fsp3) is 0.647. The third-order valence-corrected chi connectivity index (χ3v) is 4.27. The molecule has 0 aliphatic carbocycles. The molecule has 114 valence electrons. The lowest BCUT2D eigenvalue weighted by Gasteiger charge is -2.34. The zero-order valence-electron chi connectivity index (χ0n) is 13.3. The van der Waals surface area contributed by atoms with Crippen molar-refractivity contribution in [2.75, 3.05) is 6.54 Å². The molecular formula is C17H27Cl2N. The Balaban J connectivity index is 2.90. The van der Waals surface area contributed by atoms with Gasteiger partial charge in [-0.2, -0.15) is 0 Å². The number of halogens is 2. The molecule has 0 amide bonds. The van der Waals surface area contributed by atoms with Gasteiger partial charge in [-0.15, -0.1) is 0 Å². The van der Waals surface area contributed by atoms with E-state index < -0.39 is 0 Å². The first-order valence-corrected chi connectivity index (χ1v) is 8.10. The number of nitrogens with one attached hydrogen (secondary N) is 1. The Labute approximate surface area is 134 Å². The standard InChI is InChI=1S/C17H27Cl2N/c1-6-10-17(5,12-20-16(2,3)4)11-13-14(18)8-7-9-15(13)19/h7-9,20H,6,10-12H2,1-5H3. The highest BCUT2D eigenvalue weighted by atomic mass is 35.5. The van der Waals surface area contributed by atoms with Gasteiger partial charge in [0.05, 0.1) is 0 Å². The molecule has 0 heterocycles. The van der Waals surface area contributed by atoms with Crippen LogP contribution in [0.3, 0.4) is 0 Å². The fourth-order valence-electron chi connectivity index (χ4n) is 2.45. The van der Waals surface area contributed by atoms with Crippen LogP contribution < -0.4 is 5.32 Å². The predicted octanol–water partition coefficient (Wildman–Crippen LogP) is 5.73. The third kappa shape index (κ3) is 5.63. The molecule has 1 N–H and O–H groups in total. The summed E-state index contributed by atoms with van der Waals surface area (Å²) in [4.78, 5) is 0. The third-order valence-electron chi connectivity index (χ3n) is 3.56. The van der Waals surface area contributed by atoms with Crippen LogP contribution in [0.25, 0.3) is 0 Å². The van der Waals surface area contributed by atoms with Gasteiger partial charge in [-0.1, -0.05) is 49.5 Å². The first kappa shape index (κ1) is 17.8. The Morgan fingerprint density at radius 2 is 1.60 bits per heavy atom. The minimum atomic E-state index is 0.124. The fourth-order valence-corrected chi connectivity index (χ4v) is 2.98. The van der Waals surface area contributed by atoms with E-state index in [1.807, 2.05) is 18.2 Å². The van der Waals surface area contributed by atoms with E-state index in [-0.39, 0.29) is 11.0 Å². The van der Waals surface area contributed by atoms with E-state index in [4.69, 9.17) is 23.2 Å². The zero-order valence-corrected chi connectivity index (χ0v) is 14.8. The lowest BCUT2D eigenvalue weighted by molar-refractivity contribution is 0.244. The highest BCUT2D eigenvalue weighted by Gasteiger charge is 2.27. The Morgan fingerprint density at radius 3 is 2.05 bits per heavy atom. The quantitative estimate of drug-likeness (QED) is 0.706. The van der Waals surface area contributed by atoms with E-state index in [1.54, 1.807) is 0 Å². The molecule has 0 spiro atoms. The van der Waals surface area contributed by atoms with Crippen molar-refractivity contribution in [3.8, 4) is 0 Å². The van der Waals surface area contributed by atoms with Crippen molar-refractivity contribution < 1.29 is 0 Å². The maximum atomic E-state index is 6.32. The second kappa shape index (κ2) is 7.15. The van der Waals surface area contributed by atoms with Gasteiger partial charge >= 0.3 is 0 Å². The largest absolute Gasteiger partial charge is 0.312 e. The number of hydrogen-bond donors (Lipinski definition) is 1. The monoisotopic (exact) mass is 315 g/mol. The molecule has 0 aliphatic rings. The van der Waals surface area contributed by atoms with E-state index in [2.05, 4.69) is 39.9 Å². The lowest BCUT2D eigenvalue weighted by Crippen LogP contribution is -2.43. The van der Waals surface area contributed by atoms with Crippen molar-refractivity contribution in [1.29, 1.82) is 0 Å². The van der Waals surface area contributed by atoms with Gasteiger partial charge in [0, 0.05) is 22.1 Å². The SMILES string of the molecule is CCCC(C)(CNC(C)(C)C)Cc1c(Cl)cccc1Cl. The van der Waals surface area contributed by atoms with E-state index in [1.165, 1.54) is 0 Å². The molecule has 1 aromatic carbocycles. The van der Waals surface area contributed by atoms with Gasteiger partial charge in [0.15, 0.2) is 0 Å². The average molecular weight is 316 g/mol. The lowest BCUT2D eigenvalue weighted by atomic mass is 9.79. The van der Waals surface area contributed by atoms with Gasteiger partial charge < -0.3 is 5.32 Å². The molecule has 1 atom stereocenters. The summed E-state index contributed by atoms with van der Waals surface area (Å²) in [6.45, 7) is 12.1. The summed E-state index contributed by atoms with van der Waals surface area (Å²) in [6.07, 6.45) is 3.21. The van der Waals surface area contributed by atoms with E-state index in [0.717, 1.165) is 41.4 Å². The second-order valence-corrected chi connectivity index (χ2v) is 7.86. The predicted molar refractivity (Wildman–Crippen MR) is 90.9 cm³/mol. The molecule has 1 unspecified atom stereocenters. The van der Waals surface area contributed by atoms with Gasteiger partial charge in [-0.25, -0.2) is 0 Å². The molecule has 0 aliphatic heterocycles. The van der Waals surface area contributed by atoms with Crippen LogP contribution in [-0.4, -0.2) is 12.1 Å². The maximum absolute atomic E-state index is 6.32. The molecule has 0 saturated carbocycles. The summed E-state index contributed by atoms with van der Waals surface area (Å²) in [6, 6.07) is 5.75. The van der Waals surface area contributed by atoms with E-state index in [9.17, 15) is 0 Å². The molecule has 1 aromatic rings. The van der Waals surface area contributed by atoms with Gasteiger partial charge in [0.25, 0.3) is 0 Å². The van der Waals surface area contributed by atoms with Crippen LogP contribution in [0.5, 0.6) is 0 Å². The summed E-state index contributed by atoms with van der Waals surface area (Å²) in [5, 5.41) is 5.17. The van der Waals surface area contributed by atoms with Gasteiger partial charge in [-0.05, 0) is 56.7 Å². The highest BCUT2D eigenvalue weighted by molar-refractivity contribution is 6.36. The molecule has 0 fully saturated rings. The molecule has 0 bridgehead atoms. The number of rotatable bonds is 6. The highest BCUT2D eigenvalue weighted by Crippen LogP contribution is 2.34. The molecule has 3 heteroatoms. The van der Waals surface area contributed by atoms with Gasteiger partial charge in [0.1, 0.15) is 0 Å². The van der Waals surface area contributed by atoms with Crippen LogP contribution in [0.2, 0.25) is 10.0 Å². The van der Waals surface area contributed by atoms with Crippen LogP contribution in [-0.2, 0) is 6.42 Å². The van der Waals surface area contributed by atoms with Crippen LogP contribution >= 0.6 is 23.2 Å². The van der Waals surface area contributed by atoms with Gasteiger partial charge in [0.2, 0.25) is 0 Å². The smallest absolute Gasteiger partial charge is 0.0453 e. The molecule has 0 aromatic heterocycles. The van der Waals surface area contributed by atoms with Crippen molar-refractivity contribution in [2.45, 2.75) is 59.4 Å². The maximum Gasteiger partial charge on any atom is 0.0453 e.